The topological polar surface area (TPSA) is 62.3 Å². The second-order valence-electron chi connectivity index (χ2n) is 5.72. The number of aromatic nitrogens is 2. The van der Waals surface area contributed by atoms with E-state index in [0.29, 0.717) is 23.5 Å². The summed E-state index contributed by atoms with van der Waals surface area (Å²) in [6.07, 6.45) is 2.55. The Bertz CT molecular complexity index is 734. The standard InChI is InChI=1S/C17H20ClN5OS/c1-24-15-10-14(18)20-16(21-15)22-17(25)19-11-12-4-6-13(7-5-12)23-8-2-3-9-23/h4-7,10H,2-3,8-9,11H2,1H3,(H2,19,20,21,22,25). The number of nitrogens with zero attached hydrogens (tertiary/aromatic N) is 3. The number of thiocarbonyl (C=S) groups is 1. The highest BCUT2D eigenvalue weighted by Gasteiger charge is 2.11. The Morgan fingerprint density at radius 1 is 1.24 bits per heavy atom. The van der Waals surface area contributed by atoms with Crippen LogP contribution in [0.2, 0.25) is 5.15 Å². The first-order chi connectivity index (χ1) is 12.1. The summed E-state index contributed by atoms with van der Waals surface area (Å²) in [5, 5.41) is 6.76. The Kier molecular flexibility index (Phi) is 5.88. The normalized spacial score (nSPS) is 13.6. The summed E-state index contributed by atoms with van der Waals surface area (Å²) in [6.45, 7) is 2.91. The minimum atomic E-state index is 0.287. The van der Waals surface area contributed by atoms with E-state index in [1.54, 1.807) is 0 Å². The maximum atomic E-state index is 5.92. The minimum absolute atomic E-state index is 0.287. The summed E-state index contributed by atoms with van der Waals surface area (Å²) in [4.78, 5) is 10.6. The lowest BCUT2D eigenvalue weighted by molar-refractivity contribution is 0.397. The highest BCUT2D eigenvalue weighted by molar-refractivity contribution is 7.80. The van der Waals surface area contributed by atoms with Gasteiger partial charge < -0.3 is 20.3 Å². The number of benzene rings is 1. The first kappa shape index (κ1) is 17.7. The summed E-state index contributed by atoms with van der Waals surface area (Å²) in [6, 6.07) is 10.1. The third-order valence-corrected chi connectivity index (χ3v) is 4.41. The Morgan fingerprint density at radius 2 is 1.96 bits per heavy atom. The number of rotatable bonds is 5. The second kappa shape index (κ2) is 8.31. The van der Waals surface area contributed by atoms with Gasteiger partial charge in [-0.3, -0.25) is 0 Å². The molecule has 0 amide bonds. The van der Waals surface area contributed by atoms with Crippen LogP contribution in [0.1, 0.15) is 18.4 Å². The molecule has 6 nitrogen and oxygen atoms in total. The SMILES string of the molecule is COc1cc(Cl)nc(NC(=S)NCc2ccc(N3CCCC3)cc2)n1. The molecular formula is C17H20ClN5OS. The van der Waals surface area contributed by atoms with E-state index in [4.69, 9.17) is 28.6 Å². The van der Waals surface area contributed by atoms with Gasteiger partial charge in [-0.15, -0.1) is 0 Å². The van der Waals surface area contributed by atoms with E-state index in [-0.39, 0.29) is 5.15 Å². The van der Waals surface area contributed by atoms with Crippen molar-refractivity contribution in [2.75, 3.05) is 30.4 Å². The predicted molar refractivity (Wildman–Crippen MR) is 105 cm³/mol. The first-order valence-electron chi connectivity index (χ1n) is 8.11. The number of halogens is 1. The van der Waals surface area contributed by atoms with Crippen molar-refractivity contribution in [3.8, 4) is 5.88 Å². The fourth-order valence-corrected chi connectivity index (χ4v) is 3.02. The molecule has 1 fully saturated rings. The van der Waals surface area contributed by atoms with Gasteiger partial charge in [0, 0.05) is 31.4 Å². The number of hydrogen-bond donors (Lipinski definition) is 2. The van der Waals surface area contributed by atoms with Gasteiger partial charge in [0.15, 0.2) is 5.11 Å². The molecule has 2 aromatic rings. The molecular weight excluding hydrogens is 358 g/mol. The van der Waals surface area contributed by atoms with E-state index in [0.717, 1.165) is 18.7 Å². The van der Waals surface area contributed by atoms with E-state index in [1.165, 1.54) is 31.7 Å². The minimum Gasteiger partial charge on any atom is -0.481 e. The number of nitrogens with one attached hydrogen (secondary N) is 2. The zero-order valence-corrected chi connectivity index (χ0v) is 15.5. The molecule has 1 aromatic carbocycles. The zero-order chi connectivity index (χ0) is 17.6. The molecule has 0 saturated carbocycles. The molecule has 1 aliphatic heterocycles. The molecule has 3 rings (SSSR count). The van der Waals surface area contributed by atoms with Crippen LogP contribution in [-0.4, -0.2) is 35.3 Å². The van der Waals surface area contributed by atoms with Gasteiger partial charge in [-0.1, -0.05) is 23.7 Å². The summed E-state index contributed by atoms with van der Waals surface area (Å²) in [7, 11) is 1.52. The molecule has 0 aliphatic carbocycles. The van der Waals surface area contributed by atoms with Crippen molar-refractivity contribution in [3.63, 3.8) is 0 Å². The van der Waals surface area contributed by atoms with E-state index in [1.807, 2.05) is 0 Å². The highest BCUT2D eigenvalue weighted by atomic mass is 35.5. The Labute approximate surface area is 157 Å². The summed E-state index contributed by atoms with van der Waals surface area (Å²) >= 11 is 11.2. The van der Waals surface area contributed by atoms with Gasteiger partial charge >= 0.3 is 0 Å². The summed E-state index contributed by atoms with van der Waals surface area (Å²) < 4.78 is 5.06. The number of hydrogen-bond acceptors (Lipinski definition) is 5. The second-order valence-corrected chi connectivity index (χ2v) is 6.52. The third-order valence-electron chi connectivity index (χ3n) is 3.97. The van der Waals surface area contributed by atoms with Gasteiger partial charge in [0.2, 0.25) is 11.8 Å². The van der Waals surface area contributed by atoms with Gasteiger partial charge in [0.1, 0.15) is 5.15 Å². The molecule has 0 radical (unpaired) electrons. The van der Waals surface area contributed by atoms with E-state index in [9.17, 15) is 0 Å². The number of methoxy groups -OCH3 is 1. The highest BCUT2D eigenvalue weighted by Crippen LogP contribution is 2.20. The fourth-order valence-electron chi connectivity index (χ4n) is 2.69. The molecule has 2 N–H and O–H groups in total. The Balaban J connectivity index is 1.52. The third kappa shape index (κ3) is 4.93. The fraction of sp³-hybridized carbons (Fsp3) is 0.353. The largest absolute Gasteiger partial charge is 0.481 e. The molecule has 2 heterocycles. The van der Waals surface area contributed by atoms with Crippen molar-refractivity contribution < 1.29 is 4.74 Å². The van der Waals surface area contributed by atoms with Crippen LogP contribution < -0.4 is 20.3 Å². The lowest BCUT2D eigenvalue weighted by atomic mass is 10.2. The average molecular weight is 378 g/mol. The van der Waals surface area contributed by atoms with Crippen molar-refractivity contribution in [3.05, 3.63) is 41.0 Å². The molecule has 25 heavy (non-hydrogen) atoms. The van der Waals surface area contributed by atoms with E-state index in [2.05, 4.69) is 49.8 Å². The van der Waals surface area contributed by atoms with Crippen LogP contribution in [-0.2, 0) is 6.54 Å². The Morgan fingerprint density at radius 3 is 2.64 bits per heavy atom. The van der Waals surface area contributed by atoms with Gasteiger partial charge in [-0.05, 0) is 42.8 Å². The summed E-state index contributed by atoms with van der Waals surface area (Å²) in [5.74, 6) is 0.675. The molecule has 132 valence electrons. The van der Waals surface area contributed by atoms with Crippen LogP contribution in [0.15, 0.2) is 30.3 Å². The lowest BCUT2D eigenvalue weighted by Crippen LogP contribution is -2.28. The van der Waals surface area contributed by atoms with Crippen molar-refractivity contribution >= 4 is 40.6 Å². The van der Waals surface area contributed by atoms with Gasteiger partial charge in [0.05, 0.1) is 7.11 Å². The monoisotopic (exact) mass is 377 g/mol. The molecule has 0 bridgehead atoms. The first-order valence-corrected chi connectivity index (χ1v) is 8.90. The van der Waals surface area contributed by atoms with Crippen LogP contribution in [0.25, 0.3) is 0 Å². The van der Waals surface area contributed by atoms with Crippen molar-refractivity contribution in [2.45, 2.75) is 19.4 Å². The van der Waals surface area contributed by atoms with Crippen molar-refractivity contribution in [1.29, 1.82) is 0 Å². The average Bonchev–Trinajstić information content (AvgIpc) is 3.14. The lowest BCUT2D eigenvalue weighted by Gasteiger charge is -2.18. The smallest absolute Gasteiger partial charge is 0.233 e. The number of ether oxygens (including phenoxy) is 1. The van der Waals surface area contributed by atoms with Crippen LogP contribution in [0, 0.1) is 0 Å². The molecule has 0 atom stereocenters. The molecule has 0 spiro atoms. The Hall–Kier alpha value is -2.12. The maximum Gasteiger partial charge on any atom is 0.233 e. The van der Waals surface area contributed by atoms with Gasteiger partial charge in [-0.2, -0.15) is 4.98 Å². The maximum absolute atomic E-state index is 5.92. The van der Waals surface area contributed by atoms with Gasteiger partial charge in [0.25, 0.3) is 0 Å². The van der Waals surface area contributed by atoms with Crippen molar-refractivity contribution in [1.82, 2.24) is 15.3 Å². The molecule has 0 unspecified atom stereocenters. The molecule has 8 heteroatoms. The van der Waals surface area contributed by atoms with Crippen LogP contribution >= 0.6 is 23.8 Å². The number of anilines is 2. The van der Waals surface area contributed by atoms with Crippen LogP contribution in [0.4, 0.5) is 11.6 Å². The van der Waals surface area contributed by atoms with E-state index < -0.39 is 0 Å². The molecule has 1 aliphatic rings. The quantitative estimate of drug-likeness (QED) is 0.612. The predicted octanol–water partition coefficient (Wildman–Crippen LogP) is 3.23. The van der Waals surface area contributed by atoms with Crippen LogP contribution in [0.3, 0.4) is 0 Å². The van der Waals surface area contributed by atoms with Gasteiger partial charge in [-0.25, -0.2) is 4.98 Å². The van der Waals surface area contributed by atoms with E-state index >= 15 is 0 Å². The molecule has 1 saturated heterocycles. The van der Waals surface area contributed by atoms with Crippen molar-refractivity contribution in [2.24, 2.45) is 0 Å². The molecule has 1 aromatic heterocycles. The summed E-state index contributed by atoms with van der Waals surface area (Å²) in [5.41, 5.74) is 2.43. The zero-order valence-electron chi connectivity index (χ0n) is 14.0. The van der Waals surface area contributed by atoms with Crippen LogP contribution in [0.5, 0.6) is 5.88 Å².